The summed E-state index contributed by atoms with van der Waals surface area (Å²) in [4.78, 5) is 12.2. The second kappa shape index (κ2) is 8.42. The normalized spacial score (nSPS) is 15.8. The van der Waals surface area contributed by atoms with Gasteiger partial charge in [-0.05, 0) is 60.2 Å². The molecule has 0 saturated heterocycles. The first kappa shape index (κ1) is 19.2. The van der Waals surface area contributed by atoms with Crippen LogP contribution in [0.25, 0.3) is 6.08 Å². The number of allylic oxidation sites excluding steroid dienone is 1. The van der Waals surface area contributed by atoms with Crippen LogP contribution in [0.2, 0.25) is 0 Å². The first-order valence-electron chi connectivity index (χ1n) is 9.09. The first-order chi connectivity index (χ1) is 12.9. The molecule has 0 bridgehead atoms. The maximum atomic E-state index is 12.2. The summed E-state index contributed by atoms with van der Waals surface area (Å²) < 4.78 is 40.3. The maximum Gasteiger partial charge on any atom is 0.573 e. The van der Waals surface area contributed by atoms with E-state index in [2.05, 4.69) is 16.9 Å². The molecule has 1 saturated carbocycles. The molecular formula is C22H21F3O2. The fourth-order valence-electron chi connectivity index (χ4n) is 3.40. The zero-order valence-electron chi connectivity index (χ0n) is 14.8. The molecule has 142 valence electrons. The van der Waals surface area contributed by atoms with Gasteiger partial charge in [0.25, 0.3) is 0 Å². The molecule has 0 atom stereocenters. The summed E-state index contributed by atoms with van der Waals surface area (Å²) in [5.74, 6) is 0.0158. The minimum absolute atomic E-state index is 0.273. The van der Waals surface area contributed by atoms with E-state index in [0.29, 0.717) is 11.5 Å². The van der Waals surface area contributed by atoms with Gasteiger partial charge in [-0.1, -0.05) is 49.6 Å². The molecule has 5 heteroatoms. The number of rotatable bonds is 5. The van der Waals surface area contributed by atoms with Crippen molar-refractivity contribution in [3.63, 3.8) is 0 Å². The van der Waals surface area contributed by atoms with Gasteiger partial charge in [0.2, 0.25) is 0 Å². The number of hydrogen-bond donors (Lipinski definition) is 0. The van der Waals surface area contributed by atoms with Gasteiger partial charge < -0.3 is 4.74 Å². The van der Waals surface area contributed by atoms with Gasteiger partial charge >= 0.3 is 6.36 Å². The second-order valence-corrected chi connectivity index (χ2v) is 6.77. The van der Waals surface area contributed by atoms with E-state index in [1.807, 2.05) is 12.1 Å². The molecule has 2 nitrogen and oxygen atoms in total. The Morgan fingerprint density at radius 2 is 1.56 bits per heavy atom. The third-order valence-electron chi connectivity index (χ3n) is 4.81. The molecule has 1 fully saturated rings. The number of benzene rings is 2. The van der Waals surface area contributed by atoms with E-state index in [1.54, 1.807) is 6.08 Å². The Hall–Kier alpha value is -2.56. The molecule has 0 aliphatic heterocycles. The van der Waals surface area contributed by atoms with E-state index in [9.17, 15) is 18.0 Å². The average molecular weight is 374 g/mol. The Kier molecular flexibility index (Phi) is 5.99. The maximum absolute atomic E-state index is 12.2. The van der Waals surface area contributed by atoms with Gasteiger partial charge in [-0.2, -0.15) is 0 Å². The molecule has 3 rings (SSSR count). The monoisotopic (exact) mass is 374 g/mol. The zero-order valence-corrected chi connectivity index (χ0v) is 14.8. The van der Waals surface area contributed by atoms with Crippen LogP contribution < -0.4 is 4.74 Å². The predicted molar refractivity (Wildman–Crippen MR) is 98.8 cm³/mol. The van der Waals surface area contributed by atoms with E-state index in [-0.39, 0.29) is 11.5 Å². The quantitative estimate of drug-likeness (QED) is 0.439. The standard InChI is InChI=1S/C22H21F3O2/c23-22(24,25)27-20-13-11-19(12-14-20)21(26)15-8-16-6-9-18(10-7-16)17-4-2-1-3-5-17/h6-15,17H,1-5H2. The summed E-state index contributed by atoms with van der Waals surface area (Å²) in [5.41, 5.74) is 2.57. The Morgan fingerprint density at radius 1 is 0.926 bits per heavy atom. The van der Waals surface area contributed by atoms with Gasteiger partial charge in [-0.15, -0.1) is 13.2 Å². The van der Waals surface area contributed by atoms with Crippen LogP contribution in [-0.4, -0.2) is 12.1 Å². The van der Waals surface area contributed by atoms with Crippen LogP contribution in [0.1, 0.15) is 59.5 Å². The summed E-state index contributed by atoms with van der Waals surface area (Å²) in [7, 11) is 0. The van der Waals surface area contributed by atoms with Crippen molar-refractivity contribution in [2.24, 2.45) is 0 Å². The van der Waals surface area contributed by atoms with Crippen molar-refractivity contribution in [3.8, 4) is 5.75 Å². The highest BCUT2D eigenvalue weighted by atomic mass is 19.4. The van der Waals surface area contributed by atoms with Gasteiger partial charge in [0.05, 0.1) is 0 Å². The van der Waals surface area contributed by atoms with E-state index >= 15 is 0 Å². The predicted octanol–water partition coefficient (Wildman–Crippen LogP) is 6.53. The molecule has 2 aromatic carbocycles. The van der Waals surface area contributed by atoms with Crippen molar-refractivity contribution < 1.29 is 22.7 Å². The highest BCUT2D eigenvalue weighted by molar-refractivity contribution is 6.06. The van der Waals surface area contributed by atoms with Gasteiger partial charge in [0.1, 0.15) is 5.75 Å². The number of halogens is 3. The number of ketones is 1. The van der Waals surface area contributed by atoms with Crippen LogP contribution in [0.3, 0.4) is 0 Å². The van der Waals surface area contributed by atoms with Crippen LogP contribution in [0.4, 0.5) is 13.2 Å². The summed E-state index contributed by atoms with van der Waals surface area (Å²) in [6.45, 7) is 0. The molecule has 0 radical (unpaired) electrons. The third-order valence-corrected chi connectivity index (χ3v) is 4.81. The molecule has 27 heavy (non-hydrogen) atoms. The molecule has 2 aromatic rings. The average Bonchev–Trinajstić information content (AvgIpc) is 2.66. The zero-order chi connectivity index (χ0) is 19.3. The minimum atomic E-state index is -4.74. The van der Waals surface area contributed by atoms with Crippen LogP contribution in [0, 0.1) is 0 Å². The highest BCUT2D eigenvalue weighted by Gasteiger charge is 2.31. The number of alkyl halides is 3. The summed E-state index contributed by atoms with van der Waals surface area (Å²) in [5, 5.41) is 0. The van der Waals surface area contributed by atoms with Crippen molar-refractivity contribution in [2.75, 3.05) is 0 Å². The minimum Gasteiger partial charge on any atom is -0.406 e. The van der Waals surface area contributed by atoms with Crippen molar-refractivity contribution in [2.45, 2.75) is 44.4 Å². The van der Waals surface area contributed by atoms with Crippen LogP contribution >= 0.6 is 0 Å². The summed E-state index contributed by atoms with van der Waals surface area (Å²) >= 11 is 0. The molecule has 0 N–H and O–H groups in total. The van der Waals surface area contributed by atoms with Gasteiger partial charge in [-0.3, -0.25) is 4.79 Å². The van der Waals surface area contributed by atoms with E-state index in [0.717, 1.165) is 17.7 Å². The van der Waals surface area contributed by atoms with Crippen molar-refractivity contribution >= 4 is 11.9 Å². The Labute approximate surface area is 156 Å². The molecule has 0 aromatic heterocycles. The fourth-order valence-corrected chi connectivity index (χ4v) is 3.40. The Balaban J connectivity index is 1.60. The summed E-state index contributed by atoms with van der Waals surface area (Å²) in [6.07, 6.45) is 4.77. The van der Waals surface area contributed by atoms with Gasteiger partial charge in [-0.25, -0.2) is 0 Å². The fraction of sp³-hybridized carbons (Fsp3) is 0.318. The second-order valence-electron chi connectivity index (χ2n) is 6.77. The van der Waals surface area contributed by atoms with Crippen LogP contribution in [0.5, 0.6) is 5.75 Å². The smallest absolute Gasteiger partial charge is 0.406 e. The molecule has 1 aliphatic carbocycles. The lowest BCUT2D eigenvalue weighted by atomic mass is 9.84. The van der Waals surface area contributed by atoms with Gasteiger partial charge in [0.15, 0.2) is 5.78 Å². The van der Waals surface area contributed by atoms with E-state index in [4.69, 9.17) is 0 Å². The largest absolute Gasteiger partial charge is 0.573 e. The molecular weight excluding hydrogens is 353 g/mol. The number of carbonyl (C=O) groups excluding carboxylic acids is 1. The lowest BCUT2D eigenvalue weighted by molar-refractivity contribution is -0.274. The summed E-state index contributed by atoms with van der Waals surface area (Å²) in [6, 6.07) is 13.1. The van der Waals surface area contributed by atoms with Crippen molar-refractivity contribution in [1.29, 1.82) is 0 Å². The van der Waals surface area contributed by atoms with Crippen molar-refractivity contribution in [1.82, 2.24) is 0 Å². The number of hydrogen-bond acceptors (Lipinski definition) is 2. The van der Waals surface area contributed by atoms with Crippen molar-refractivity contribution in [3.05, 3.63) is 71.3 Å². The number of carbonyl (C=O) groups is 1. The molecule has 1 aliphatic rings. The lowest BCUT2D eigenvalue weighted by Gasteiger charge is -2.21. The van der Waals surface area contributed by atoms with Crippen LogP contribution in [0.15, 0.2) is 54.6 Å². The Morgan fingerprint density at radius 3 is 2.15 bits per heavy atom. The topological polar surface area (TPSA) is 26.3 Å². The number of ether oxygens (including phenoxy) is 1. The molecule has 0 heterocycles. The SMILES string of the molecule is O=C(C=Cc1ccc(C2CCCCC2)cc1)c1ccc(OC(F)(F)F)cc1. The highest BCUT2D eigenvalue weighted by Crippen LogP contribution is 2.32. The van der Waals surface area contributed by atoms with Gasteiger partial charge in [0, 0.05) is 5.56 Å². The first-order valence-corrected chi connectivity index (χ1v) is 9.09. The third kappa shape index (κ3) is 5.71. The molecule has 0 unspecified atom stereocenters. The molecule has 0 amide bonds. The van der Waals surface area contributed by atoms with E-state index < -0.39 is 6.36 Å². The lowest BCUT2D eigenvalue weighted by Crippen LogP contribution is -2.17. The Bertz CT molecular complexity index is 784. The molecule has 0 spiro atoms. The van der Waals surface area contributed by atoms with E-state index in [1.165, 1.54) is 55.9 Å². The van der Waals surface area contributed by atoms with Crippen LogP contribution in [-0.2, 0) is 0 Å².